The van der Waals surface area contributed by atoms with E-state index in [2.05, 4.69) is 19.9 Å². The van der Waals surface area contributed by atoms with Crippen LogP contribution in [0, 0.1) is 17.2 Å². The van der Waals surface area contributed by atoms with Crippen molar-refractivity contribution < 1.29 is 9.15 Å². The van der Waals surface area contributed by atoms with Crippen LogP contribution in [0.25, 0.3) is 0 Å². The number of furan rings is 1. The highest BCUT2D eigenvalue weighted by molar-refractivity contribution is 5.03. The molecule has 0 radical (unpaired) electrons. The molecule has 1 aromatic rings. The minimum Gasteiger partial charge on any atom is -0.472 e. The van der Waals surface area contributed by atoms with Gasteiger partial charge in [0, 0.05) is 5.56 Å². The first-order valence-corrected chi connectivity index (χ1v) is 4.74. The molecule has 1 unspecified atom stereocenters. The Morgan fingerprint density at radius 1 is 1.57 bits per heavy atom. The summed E-state index contributed by atoms with van der Waals surface area (Å²) >= 11 is 0. The van der Waals surface area contributed by atoms with Crippen LogP contribution in [0.2, 0.25) is 0 Å². The lowest BCUT2D eigenvalue weighted by atomic mass is 10.1. The van der Waals surface area contributed by atoms with Gasteiger partial charge in [0.15, 0.2) is 0 Å². The molecule has 3 nitrogen and oxygen atoms in total. The number of rotatable bonds is 5. The number of hydrogen-bond acceptors (Lipinski definition) is 3. The van der Waals surface area contributed by atoms with E-state index in [1.807, 2.05) is 6.07 Å². The Morgan fingerprint density at radius 2 is 2.36 bits per heavy atom. The molecule has 0 saturated carbocycles. The normalized spacial score (nSPS) is 12.7. The fourth-order valence-corrected chi connectivity index (χ4v) is 1.16. The van der Waals surface area contributed by atoms with Gasteiger partial charge in [0.2, 0.25) is 0 Å². The van der Waals surface area contributed by atoms with Crippen LogP contribution in [0.5, 0.6) is 0 Å². The van der Waals surface area contributed by atoms with E-state index in [0.717, 1.165) is 12.0 Å². The van der Waals surface area contributed by atoms with Gasteiger partial charge >= 0.3 is 0 Å². The molecule has 3 heteroatoms. The summed E-state index contributed by atoms with van der Waals surface area (Å²) in [7, 11) is 0. The first-order chi connectivity index (χ1) is 6.72. The lowest BCUT2D eigenvalue weighted by molar-refractivity contribution is 0.0631. The summed E-state index contributed by atoms with van der Waals surface area (Å²) in [6.45, 7) is 4.60. The summed E-state index contributed by atoms with van der Waals surface area (Å²) in [5, 5.41) is 8.81. The van der Waals surface area contributed by atoms with E-state index in [-0.39, 0.29) is 6.10 Å². The molecule has 0 bridgehead atoms. The third kappa shape index (κ3) is 3.63. The van der Waals surface area contributed by atoms with E-state index in [4.69, 9.17) is 14.4 Å². The summed E-state index contributed by atoms with van der Waals surface area (Å²) in [6.07, 6.45) is 3.69. The van der Waals surface area contributed by atoms with E-state index >= 15 is 0 Å². The molecule has 14 heavy (non-hydrogen) atoms. The molecule has 1 aromatic heterocycles. The average molecular weight is 193 g/mol. The summed E-state index contributed by atoms with van der Waals surface area (Å²) in [5.41, 5.74) is 0.967. The smallest absolute Gasteiger partial charge is 0.144 e. The molecule has 0 N–H and O–H groups in total. The SMILES string of the molecule is CC(C)CC(C#N)OCc1ccoc1. The zero-order chi connectivity index (χ0) is 10.4. The highest BCUT2D eigenvalue weighted by atomic mass is 16.5. The summed E-state index contributed by atoms with van der Waals surface area (Å²) in [6, 6.07) is 3.98. The van der Waals surface area contributed by atoms with E-state index < -0.39 is 0 Å². The van der Waals surface area contributed by atoms with E-state index in [0.29, 0.717) is 12.5 Å². The highest BCUT2D eigenvalue weighted by Gasteiger charge is 2.10. The Kier molecular flexibility index (Phi) is 4.21. The average Bonchev–Trinajstić information content (AvgIpc) is 2.64. The molecule has 0 fully saturated rings. The molecule has 0 spiro atoms. The Bertz CT molecular complexity index is 285. The summed E-state index contributed by atoms with van der Waals surface area (Å²) < 4.78 is 10.3. The molecular formula is C11H15NO2. The van der Waals surface area contributed by atoms with Crippen molar-refractivity contribution in [1.82, 2.24) is 0 Å². The number of nitrogens with zero attached hydrogens (tertiary/aromatic N) is 1. The molecule has 1 atom stereocenters. The molecule has 1 heterocycles. The molecule has 1 rings (SSSR count). The first kappa shape index (κ1) is 10.8. The van der Waals surface area contributed by atoms with Gasteiger partial charge in [-0.15, -0.1) is 0 Å². The van der Waals surface area contributed by atoms with Crippen molar-refractivity contribution in [1.29, 1.82) is 5.26 Å². The maximum Gasteiger partial charge on any atom is 0.144 e. The topological polar surface area (TPSA) is 46.2 Å². The van der Waals surface area contributed by atoms with E-state index in [1.54, 1.807) is 12.5 Å². The Hall–Kier alpha value is -1.27. The van der Waals surface area contributed by atoms with Crippen LogP contribution >= 0.6 is 0 Å². The molecule has 0 aliphatic carbocycles. The molecule has 0 amide bonds. The van der Waals surface area contributed by atoms with Crippen molar-refractivity contribution in [2.24, 2.45) is 5.92 Å². The zero-order valence-electron chi connectivity index (χ0n) is 8.56. The predicted octanol–water partition coefficient (Wildman–Crippen LogP) is 2.73. The van der Waals surface area contributed by atoms with Crippen LogP contribution in [-0.2, 0) is 11.3 Å². The van der Waals surface area contributed by atoms with Crippen LogP contribution in [0.15, 0.2) is 23.0 Å². The molecule has 0 aliphatic rings. The zero-order valence-corrected chi connectivity index (χ0v) is 8.56. The van der Waals surface area contributed by atoms with E-state index in [9.17, 15) is 0 Å². The monoisotopic (exact) mass is 193 g/mol. The van der Waals surface area contributed by atoms with Gasteiger partial charge in [0.1, 0.15) is 6.10 Å². The molecule has 0 saturated heterocycles. The second-order valence-corrected chi connectivity index (χ2v) is 3.69. The molecule has 76 valence electrons. The van der Waals surface area contributed by atoms with E-state index in [1.165, 1.54) is 0 Å². The van der Waals surface area contributed by atoms with Gasteiger partial charge in [0.05, 0.1) is 25.2 Å². The Morgan fingerprint density at radius 3 is 2.86 bits per heavy atom. The van der Waals surface area contributed by atoms with Gasteiger partial charge in [-0.2, -0.15) is 5.26 Å². The number of ether oxygens (including phenoxy) is 1. The third-order valence-electron chi connectivity index (χ3n) is 1.86. The lowest BCUT2D eigenvalue weighted by Crippen LogP contribution is -2.12. The van der Waals surface area contributed by atoms with Crippen molar-refractivity contribution in [2.45, 2.75) is 33.0 Å². The largest absolute Gasteiger partial charge is 0.472 e. The van der Waals surface area contributed by atoms with Gasteiger partial charge in [-0.25, -0.2) is 0 Å². The van der Waals surface area contributed by atoms with Gasteiger partial charge < -0.3 is 9.15 Å². The molecular weight excluding hydrogens is 178 g/mol. The van der Waals surface area contributed by atoms with Crippen LogP contribution in [0.1, 0.15) is 25.8 Å². The quantitative estimate of drug-likeness (QED) is 0.722. The maximum atomic E-state index is 8.81. The van der Waals surface area contributed by atoms with Crippen LogP contribution < -0.4 is 0 Å². The van der Waals surface area contributed by atoms with Crippen molar-refractivity contribution in [2.75, 3.05) is 0 Å². The fraction of sp³-hybridized carbons (Fsp3) is 0.545. The maximum absolute atomic E-state index is 8.81. The van der Waals surface area contributed by atoms with Gasteiger partial charge in [-0.05, 0) is 18.4 Å². The summed E-state index contributed by atoms with van der Waals surface area (Å²) in [4.78, 5) is 0. The summed E-state index contributed by atoms with van der Waals surface area (Å²) in [5.74, 6) is 0.476. The molecule has 0 aliphatic heterocycles. The van der Waals surface area contributed by atoms with Crippen LogP contribution in [0.3, 0.4) is 0 Å². The predicted molar refractivity (Wildman–Crippen MR) is 52.4 cm³/mol. The van der Waals surface area contributed by atoms with Gasteiger partial charge in [-0.1, -0.05) is 13.8 Å². The molecule has 0 aromatic carbocycles. The lowest BCUT2D eigenvalue weighted by Gasteiger charge is -2.11. The van der Waals surface area contributed by atoms with Crippen molar-refractivity contribution in [3.8, 4) is 6.07 Å². The minimum absolute atomic E-state index is 0.315. The Labute approximate surface area is 84.3 Å². The standard InChI is InChI=1S/C11H15NO2/c1-9(2)5-11(6-12)14-8-10-3-4-13-7-10/h3-4,7,9,11H,5,8H2,1-2H3. The minimum atomic E-state index is -0.315. The number of hydrogen-bond donors (Lipinski definition) is 0. The van der Waals surface area contributed by atoms with Crippen molar-refractivity contribution in [3.63, 3.8) is 0 Å². The first-order valence-electron chi connectivity index (χ1n) is 4.74. The Balaban J connectivity index is 2.32. The second-order valence-electron chi connectivity index (χ2n) is 3.69. The van der Waals surface area contributed by atoms with Crippen molar-refractivity contribution >= 4 is 0 Å². The third-order valence-corrected chi connectivity index (χ3v) is 1.86. The van der Waals surface area contributed by atoms with Crippen molar-refractivity contribution in [3.05, 3.63) is 24.2 Å². The van der Waals surface area contributed by atoms with Gasteiger partial charge in [0.25, 0.3) is 0 Å². The highest BCUT2D eigenvalue weighted by Crippen LogP contribution is 2.10. The number of nitriles is 1. The van der Waals surface area contributed by atoms with Crippen LogP contribution in [0.4, 0.5) is 0 Å². The fourth-order valence-electron chi connectivity index (χ4n) is 1.16. The van der Waals surface area contributed by atoms with Gasteiger partial charge in [-0.3, -0.25) is 0 Å². The van der Waals surface area contributed by atoms with Crippen LogP contribution in [-0.4, -0.2) is 6.10 Å². The second kappa shape index (κ2) is 5.46.